The van der Waals surface area contributed by atoms with Gasteiger partial charge in [-0.15, -0.1) is 11.3 Å². The Balaban J connectivity index is 1.59. The Hall–Kier alpha value is -3.19. The van der Waals surface area contributed by atoms with Crippen molar-refractivity contribution >= 4 is 33.9 Å². The van der Waals surface area contributed by atoms with Crippen LogP contribution >= 0.6 is 11.3 Å². The molecule has 0 saturated heterocycles. The number of nitrogens with one attached hydrogen (secondary N) is 1. The minimum absolute atomic E-state index is 0.112. The molecule has 0 aliphatic carbocycles. The van der Waals surface area contributed by atoms with Crippen LogP contribution in [-0.4, -0.2) is 31.1 Å². The van der Waals surface area contributed by atoms with Gasteiger partial charge in [0.2, 0.25) is 5.91 Å². The second-order valence-corrected chi connectivity index (χ2v) is 8.66. The number of benzene rings is 2. The van der Waals surface area contributed by atoms with Crippen LogP contribution in [0.25, 0.3) is 11.1 Å². The summed E-state index contributed by atoms with van der Waals surface area (Å²) in [5, 5.41) is 5.24. The van der Waals surface area contributed by atoms with Crippen molar-refractivity contribution in [1.82, 2.24) is 0 Å². The molecule has 0 saturated carbocycles. The van der Waals surface area contributed by atoms with E-state index in [2.05, 4.69) is 12.2 Å². The lowest BCUT2D eigenvalue weighted by molar-refractivity contribution is -0.115. The molecule has 1 N–H and O–H groups in total. The number of anilines is 2. The SMILES string of the molecule is CCOC(=O)c1c(-c2ccccc2)csc1NC(=O)CN1c2ccc(F)cc2CCC1C. The van der Waals surface area contributed by atoms with Crippen LogP contribution in [0, 0.1) is 5.82 Å². The monoisotopic (exact) mass is 452 g/mol. The summed E-state index contributed by atoms with van der Waals surface area (Å²) >= 11 is 1.30. The van der Waals surface area contributed by atoms with Crippen molar-refractivity contribution < 1.29 is 18.7 Å². The van der Waals surface area contributed by atoms with E-state index in [9.17, 15) is 14.0 Å². The third kappa shape index (κ3) is 4.53. The largest absolute Gasteiger partial charge is 0.462 e. The summed E-state index contributed by atoms with van der Waals surface area (Å²) < 4.78 is 18.9. The molecule has 32 heavy (non-hydrogen) atoms. The first-order valence-corrected chi connectivity index (χ1v) is 11.5. The molecule has 0 bridgehead atoms. The number of fused-ring (bicyclic) bond motifs is 1. The van der Waals surface area contributed by atoms with Gasteiger partial charge in [0.1, 0.15) is 16.4 Å². The van der Waals surface area contributed by atoms with Crippen LogP contribution in [0.5, 0.6) is 0 Å². The molecule has 166 valence electrons. The second-order valence-electron chi connectivity index (χ2n) is 7.78. The Bertz CT molecular complexity index is 1130. The molecule has 1 aromatic heterocycles. The Labute approximate surface area is 190 Å². The molecule has 2 aromatic carbocycles. The van der Waals surface area contributed by atoms with Crippen molar-refractivity contribution in [3.05, 3.63) is 70.9 Å². The van der Waals surface area contributed by atoms with Crippen LogP contribution in [0.15, 0.2) is 53.9 Å². The fraction of sp³-hybridized carbons (Fsp3) is 0.280. The van der Waals surface area contributed by atoms with Crippen molar-refractivity contribution in [2.24, 2.45) is 0 Å². The minimum atomic E-state index is -0.463. The molecule has 3 aromatic rings. The van der Waals surface area contributed by atoms with E-state index in [1.165, 1.54) is 23.5 Å². The number of hydrogen-bond acceptors (Lipinski definition) is 5. The Morgan fingerprint density at radius 3 is 2.75 bits per heavy atom. The van der Waals surface area contributed by atoms with Crippen LogP contribution in [0.2, 0.25) is 0 Å². The normalized spacial score (nSPS) is 15.2. The number of halogens is 1. The zero-order chi connectivity index (χ0) is 22.7. The lowest BCUT2D eigenvalue weighted by atomic mass is 9.96. The van der Waals surface area contributed by atoms with Crippen LogP contribution < -0.4 is 10.2 Å². The van der Waals surface area contributed by atoms with E-state index in [4.69, 9.17) is 4.74 Å². The maximum atomic E-state index is 13.7. The summed E-state index contributed by atoms with van der Waals surface area (Å²) in [6.45, 7) is 4.17. The first-order valence-electron chi connectivity index (χ1n) is 10.7. The molecule has 7 heteroatoms. The van der Waals surface area contributed by atoms with Gasteiger partial charge in [-0.25, -0.2) is 9.18 Å². The highest BCUT2D eigenvalue weighted by molar-refractivity contribution is 7.15. The van der Waals surface area contributed by atoms with Crippen molar-refractivity contribution in [3.8, 4) is 11.1 Å². The second kappa shape index (κ2) is 9.53. The van der Waals surface area contributed by atoms with E-state index in [0.717, 1.165) is 35.2 Å². The number of thiophene rings is 1. The van der Waals surface area contributed by atoms with Crippen molar-refractivity contribution in [2.45, 2.75) is 32.7 Å². The third-order valence-corrected chi connectivity index (χ3v) is 6.53. The molecule has 1 unspecified atom stereocenters. The van der Waals surface area contributed by atoms with Crippen LogP contribution in [0.1, 0.15) is 36.2 Å². The third-order valence-electron chi connectivity index (χ3n) is 5.64. The predicted octanol–water partition coefficient (Wildman–Crippen LogP) is 5.51. The number of hydrogen-bond donors (Lipinski definition) is 1. The van der Waals surface area contributed by atoms with Crippen LogP contribution in [0.3, 0.4) is 0 Å². The maximum Gasteiger partial charge on any atom is 0.341 e. The Morgan fingerprint density at radius 1 is 1.22 bits per heavy atom. The number of rotatable bonds is 6. The summed E-state index contributed by atoms with van der Waals surface area (Å²) in [5.74, 6) is -0.968. The number of amides is 1. The standard InChI is InChI=1S/C25H25FN2O3S/c1-3-31-25(30)23-20(17-7-5-4-6-8-17)15-32-24(23)27-22(29)14-28-16(2)9-10-18-13-19(26)11-12-21(18)28/h4-8,11-13,15-16H,3,9-10,14H2,1-2H3,(H,27,29). The number of carbonyl (C=O) groups is 2. The zero-order valence-electron chi connectivity index (χ0n) is 18.1. The smallest absolute Gasteiger partial charge is 0.341 e. The van der Waals surface area contributed by atoms with Crippen LogP contribution in [0.4, 0.5) is 15.1 Å². The van der Waals surface area contributed by atoms with Gasteiger partial charge in [0.05, 0.1) is 13.2 Å². The van der Waals surface area contributed by atoms with Crippen molar-refractivity contribution in [2.75, 3.05) is 23.4 Å². The van der Waals surface area contributed by atoms with Gasteiger partial charge in [0.15, 0.2) is 0 Å². The minimum Gasteiger partial charge on any atom is -0.462 e. The van der Waals surface area contributed by atoms with Gasteiger partial charge in [-0.1, -0.05) is 30.3 Å². The summed E-state index contributed by atoms with van der Waals surface area (Å²) in [4.78, 5) is 27.7. The Morgan fingerprint density at radius 2 is 2.00 bits per heavy atom. The molecule has 0 radical (unpaired) electrons. The Kier molecular flexibility index (Phi) is 6.55. The summed E-state index contributed by atoms with van der Waals surface area (Å²) in [6, 6.07) is 14.4. The number of nitrogens with zero attached hydrogens (tertiary/aromatic N) is 1. The van der Waals surface area contributed by atoms with Crippen LogP contribution in [-0.2, 0) is 16.0 Å². The average Bonchev–Trinajstić information content (AvgIpc) is 3.20. The van der Waals surface area contributed by atoms with E-state index in [1.807, 2.05) is 40.6 Å². The van der Waals surface area contributed by atoms with E-state index in [0.29, 0.717) is 10.6 Å². The van der Waals surface area contributed by atoms with Crippen molar-refractivity contribution in [3.63, 3.8) is 0 Å². The quantitative estimate of drug-likeness (QED) is 0.501. The molecule has 1 atom stereocenters. The number of ether oxygens (including phenoxy) is 1. The molecule has 4 rings (SSSR count). The lowest BCUT2D eigenvalue weighted by Crippen LogP contribution is -2.42. The first-order chi connectivity index (χ1) is 15.5. The van der Waals surface area contributed by atoms with E-state index >= 15 is 0 Å². The molecule has 0 fully saturated rings. The fourth-order valence-corrected chi connectivity index (χ4v) is 5.01. The highest BCUT2D eigenvalue weighted by Gasteiger charge is 2.27. The van der Waals surface area contributed by atoms with Gasteiger partial charge in [-0.2, -0.15) is 0 Å². The van der Waals surface area contributed by atoms with Gasteiger partial charge in [0.25, 0.3) is 0 Å². The van der Waals surface area contributed by atoms with E-state index in [-0.39, 0.29) is 30.9 Å². The first kappa shape index (κ1) is 22.0. The summed E-state index contributed by atoms with van der Waals surface area (Å²) in [5.41, 5.74) is 3.77. The maximum absolute atomic E-state index is 13.7. The fourth-order valence-electron chi connectivity index (χ4n) is 4.04. The number of aryl methyl sites for hydroxylation is 1. The average molecular weight is 453 g/mol. The van der Waals surface area contributed by atoms with Gasteiger partial charge < -0.3 is 15.0 Å². The number of esters is 1. The zero-order valence-corrected chi connectivity index (χ0v) is 18.9. The predicted molar refractivity (Wildman–Crippen MR) is 126 cm³/mol. The van der Waals surface area contributed by atoms with Gasteiger partial charge in [-0.3, -0.25) is 4.79 Å². The van der Waals surface area contributed by atoms with Crippen molar-refractivity contribution in [1.29, 1.82) is 0 Å². The topological polar surface area (TPSA) is 58.6 Å². The molecule has 5 nitrogen and oxygen atoms in total. The van der Waals surface area contributed by atoms with Gasteiger partial charge in [-0.05, 0) is 56.0 Å². The molecule has 1 aliphatic rings. The van der Waals surface area contributed by atoms with E-state index in [1.54, 1.807) is 13.0 Å². The summed E-state index contributed by atoms with van der Waals surface area (Å²) in [7, 11) is 0. The lowest BCUT2D eigenvalue weighted by Gasteiger charge is -2.36. The molecule has 1 amide bonds. The van der Waals surface area contributed by atoms with E-state index < -0.39 is 5.97 Å². The summed E-state index contributed by atoms with van der Waals surface area (Å²) in [6.07, 6.45) is 1.62. The number of carbonyl (C=O) groups excluding carboxylic acids is 2. The van der Waals surface area contributed by atoms with Gasteiger partial charge in [0, 0.05) is 22.7 Å². The molecule has 0 spiro atoms. The molecular weight excluding hydrogens is 427 g/mol. The molecule has 2 heterocycles. The highest BCUT2D eigenvalue weighted by atomic mass is 32.1. The van der Waals surface area contributed by atoms with Gasteiger partial charge >= 0.3 is 5.97 Å². The molecule has 1 aliphatic heterocycles. The molecular formula is C25H25FN2O3S. The highest BCUT2D eigenvalue weighted by Crippen LogP contribution is 2.36.